The third kappa shape index (κ3) is 3.31. The van der Waals surface area contributed by atoms with Gasteiger partial charge in [-0.3, -0.25) is 0 Å². The Balaban J connectivity index is 1.19. The van der Waals surface area contributed by atoms with E-state index < -0.39 is 0 Å². The number of para-hydroxylation sites is 2. The largest absolute Gasteiger partial charge is 0.309 e. The van der Waals surface area contributed by atoms with Gasteiger partial charge in [0.1, 0.15) is 0 Å². The van der Waals surface area contributed by atoms with Gasteiger partial charge in [0.2, 0.25) is 0 Å². The molecule has 8 aromatic rings. The van der Waals surface area contributed by atoms with E-state index >= 15 is 0 Å². The van der Waals surface area contributed by atoms with Gasteiger partial charge in [0.15, 0.2) is 0 Å². The normalized spacial score (nSPS) is 11.7. The maximum Gasteiger partial charge on any atom is 0.0541 e. The average molecular weight is 502 g/mol. The van der Waals surface area contributed by atoms with Crippen molar-refractivity contribution in [2.24, 2.45) is 0 Å². The Morgan fingerprint density at radius 1 is 0.368 bits per heavy atom. The second-order valence-electron chi connectivity index (χ2n) is 9.81. The van der Waals surface area contributed by atoms with Crippen LogP contribution in [0.3, 0.4) is 0 Å². The summed E-state index contributed by atoms with van der Waals surface area (Å²) in [7, 11) is 0. The average Bonchev–Trinajstić information content (AvgIpc) is 3.53. The van der Waals surface area contributed by atoms with Gasteiger partial charge in [-0.1, -0.05) is 97.1 Å². The Bertz CT molecular complexity index is 2070. The van der Waals surface area contributed by atoms with Gasteiger partial charge in [-0.2, -0.15) is 0 Å². The van der Waals surface area contributed by atoms with E-state index in [1.807, 2.05) is 11.3 Å². The van der Waals surface area contributed by atoms with E-state index in [-0.39, 0.29) is 0 Å². The second-order valence-corrected chi connectivity index (χ2v) is 10.9. The first-order valence-corrected chi connectivity index (χ1v) is 13.8. The minimum Gasteiger partial charge on any atom is -0.309 e. The fourth-order valence-corrected chi connectivity index (χ4v) is 6.93. The molecule has 1 nitrogen and oxygen atoms in total. The van der Waals surface area contributed by atoms with Crippen molar-refractivity contribution in [3.63, 3.8) is 0 Å². The summed E-state index contributed by atoms with van der Waals surface area (Å²) in [4.78, 5) is 0. The first kappa shape index (κ1) is 21.4. The molecule has 0 fully saturated rings. The minimum atomic E-state index is 1.18. The summed E-state index contributed by atoms with van der Waals surface area (Å²) in [5, 5.41) is 5.26. The lowest BCUT2D eigenvalue weighted by Crippen LogP contribution is -1.93. The predicted octanol–water partition coefficient (Wildman–Crippen LogP) is 10.5. The Hall–Kier alpha value is -4.66. The van der Waals surface area contributed by atoms with Gasteiger partial charge in [-0.25, -0.2) is 0 Å². The Morgan fingerprint density at radius 3 is 1.66 bits per heavy atom. The molecule has 0 N–H and O–H groups in total. The fourth-order valence-electron chi connectivity index (χ4n) is 5.79. The molecule has 0 atom stereocenters. The zero-order chi connectivity index (χ0) is 25.1. The Morgan fingerprint density at radius 2 is 0.921 bits per heavy atom. The van der Waals surface area contributed by atoms with Crippen molar-refractivity contribution >= 4 is 53.3 Å². The smallest absolute Gasteiger partial charge is 0.0541 e. The van der Waals surface area contributed by atoms with Crippen LogP contribution in [-0.4, -0.2) is 4.57 Å². The number of hydrogen-bond donors (Lipinski definition) is 0. The molecule has 8 rings (SSSR count). The van der Waals surface area contributed by atoms with Crippen molar-refractivity contribution in [1.82, 2.24) is 4.57 Å². The molecule has 0 bridgehead atoms. The molecule has 0 radical (unpaired) electrons. The molecule has 0 saturated carbocycles. The molecule has 2 heteroatoms. The lowest BCUT2D eigenvalue weighted by Gasteiger charge is -2.10. The molecule has 2 heterocycles. The highest BCUT2D eigenvalue weighted by molar-refractivity contribution is 7.25. The maximum atomic E-state index is 2.37. The molecule has 0 spiro atoms. The fraction of sp³-hybridized carbons (Fsp3) is 0. The summed E-state index contributed by atoms with van der Waals surface area (Å²) in [6.07, 6.45) is 0. The van der Waals surface area contributed by atoms with Crippen LogP contribution in [-0.2, 0) is 0 Å². The van der Waals surface area contributed by atoms with Gasteiger partial charge in [0.25, 0.3) is 0 Å². The molecular formula is C36H23NS. The highest BCUT2D eigenvalue weighted by atomic mass is 32.1. The number of thiophene rings is 1. The summed E-state index contributed by atoms with van der Waals surface area (Å²) < 4.78 is 5.05. The van der Waals surface area contributed by atoms with Gasteiger partial charge in [0, 0.05) is 36.6 Å². The number of benzene rings is 6. The van der Waals surface area contributed by atoms with E-state index in [9.17, 15) is 0 Å². The van der Waals surface area contributed by atoms with Crippen LogP contribution in [0.2, 0.25) is 0 Å². The number of fused-ring (bicyclic) bond motifs is 6. The number of nitrogens with zero attached hydrogens (tertiary/aromatic N) is 1. The lowest BCUT2D eigenvalue weighted by atomic mass is 9.98. The van der Waals surface area contributed by atoms with Gasteiger partial charge in [-0.05, 0) is 64.7 Å². The van der Waals surface area contributed by atoms with E-state index in [0.29, 0.717) is 0 Å². The first-order valence-electron chi connectivity index (χ1n) is 12.9. The third-order valence-corrected chi connectivity index (χ3v) is 8.75. The van der Waals surface area contributed by atoms with Crippen LogP contribution in [0.15, 0.2) is 140 Å². The van der Waals surface area contributed by atoms with Crippen LogP contribution >= 0.6 is 11.3 Å². The van der Waals surface area contributed by atoms with Crippen molar-refractivity contribution in [1.29, 1.82) is 0 Å². The molecule has 0 saturated heterocycles. The molecule has 0 aliphatic carbocycles. The van der Waals surface area contributed by atoms with Crippen LogP contribution in [0.4, 0.5) is 0 Å². The van der Waals surface area contributed by atoms with Crippen LogP contribution < -0.4 is 0 Å². The molecular weight excluding hydrogens is 478 g/mol. The van der Waals surface area contributed by atoms with Gasteiger partial charge < -0.3 is 4.57 Å². The van der Waals surface area contributed by atoms with Gasteiger partial charge in [0.05, 0.1) is 11.0 Å². The van der Waals surface area contributed by atoms with Crippen molar-refractivity contribution in [3.8, 4) is 27.9 Å². The van der Waals surface area contributed by atoms with Crippen molar-refractivity contribution in [2.75, 3.05) is 0 Å². The topological polar surface area (TPSA) is 4.93 Å². The molecule has 0 unspecified atom stereocenters. The minimum absolute atomic E-state index is 1.18. The van der Waals surface area contributed by atoms with Crippen LogP contribution in [0, 0.1) is 0 Å². The van der Waals surface area contributed by atoms with Gasteiger partial charge in [-0.15, -0.1) is 11.3 Å². The number of hydrogen-bond acceptors (Lipinski definition) is 1. The Labute approximate surface area is 224 Å². The SMILES string of the molecule is c1cc(-c2ccc(-n3c4ccccc4c4ccccc43)cc2)cc(-c2ccc3c(c2)sc2ccccc23)c1. The predicted molar refractivity (Wildman–Crippen MR) is 165 cm³/mol. The number of rotatable bonds is 3. The molecule has 0 aliphatic heterocycles. The lowest BCUT2D eigenvalue weighted by molar-refractivity contribution is 1.18. The molecule has 0 amide bonds. The summed E-state index contributed by atoms with van der Waals surface area (Å²) in [5.41, 5.74) is 8.60. The molecule has 6 aromatic carbocycles. The summed E-state index contributed by atoms with van der Waals surface area (Å²) in [6.45, 7) is 0. The Kier molecular flexibility index (Phi) is 4.76. The maximum absolute atomic E-state index is 2.37. The molecule has 178 valence electrons. The van der Waals surface area contributed by atoms with Gasteiger partial charge >= 0.3 is 0 Å². The van der Waals surface area contributed by atoms with Crippen molar-refractivity contribution in [3.05, 3.63) is 140 Å². The van der Waals surface area contributed by atoms with Crippen LogP contribution in [0.25, 0.3) is 69.9 Å². The van der Waals surface area contributed by atoms with E-state index in [1.165, 1.54) is 69.9 Å². The monoisotopic (exact) mass is 501 g/mol. The molecule has 0 aliphatic rings. The summed E-state index contributed by atoms with van der Waals surface area (Å²) in [6, 6.07) is 50.7. The first-order chi connectivity index (χ1) is 18.8. The number of aromatic nitrogens is 1. The highest BCUT2D eigenvalue weighted by Crippen LogP contribution is 2.37. The van der Waals surface area contributed by atoms with Crippen LogP contribution in [0.1, 0.15) is 0 Å². The zero-order valence-electron chi connectivity index (χ0n) is 20.6. The standard InChI is InChI=1S/C36H23NS/c1-4-13-33-29(10-1)30-11-2-5-14-34(30)37(33)28-19-16-24(17-20-28)25-8-7-9-26(22-25)27-18-21-32-31-12-3-6-15-35(31)38-36(32)23-27/h1-23H. The molecule has 2 aromatic heterocycles. The third-order valence-electron chi connectivity index (χ3n) is 7.61. The van der Waals surface area contributed by atoms with E-state index in [4.69, 9.17) is 0 Å². The van der Waals surface area contributed by atoms with Crippen LogP contribution in [0.5, 0.6) is 0 Å². The summed E-state index contributed by atoms with van der Waals surface area (Å²) in [5.74, 6) is 0. The van der Waals surface area contributed by atoms with Crippen molar-refractivity contribution in [2.45, 2.75) is 0 Å². The molecule has 38 heavy (non-hydrogen) atoms. The summed E-state index contributed by atoms with van der Waals surface area (Å²) >= 11 is 1.87. The van der Waals surface area contributed by atoms with E-state index in [2.05, 4.69) is 144 Å². The zero-order valence-corrected chi connectivity index (χ0v) is 21.5. The van der Waals surface area contributed by atoms with E-state index in [0.717, 1.165) is 0 Å². The van der Waals surface area contributed by atoms with Crippen molar-refractivity contribution < 1.29 is 0 Å². The highest BCUT2D eigenvalue weighted by Gasteiger charge is 2.12. The second kappa shape index (κ2) is 8.44. The van der Waals surface area contributed by atoms with E-state index in [1.54, 1.807) is 0 Å². The quantitative estimate of drug-likeness (QED) is 0.227.